The molecule has 2 rings (SSSR count). The number of nitrogens with zero attached hydrogens (tertiary/aromatic N) is 1. The van der Waals surface area contributed by atoms with Gasteiger partial charge in [0.25, 0.3) is 0 Å². The van der Waals surface area contributed by atoms with Crippen molar-refractivity contribution in [3.8, 4) is 5.75 Å². The molecule has 0 saturated heterocycles. The zero-order chi connectivity index (χ0) is 16.3. The molecule has 1 aromatic rings. The van der Waals surface area contributed by atoms with E-state index in [1.807, 2.05) is 0 Å². The van der Waals surface area contributed by atoms with E-state index in [2.05, 4.69) is 5.32 Å². The fraction of sp³-hybridized carbons (Fsp3) is 0.467. The summed E-state index contributed by atoms with van der Waals surface area (Å²) in [5, 5.41) is 12.6. The van der Waals surface area contributed by atoms with E-state index in [9.17, 15) is 9.59 Å². The first-order valence-electron chi connectivity index (χ1n) is 7.05. The van der Waals surface area contributed by atoms with Gasteiger partial charge in [0, 0.05) is 11.1 Å². The first kappa shape index (κ1) is 16.4. The van der Waals surface area contributed by atoms with Crippen LogP contribution in [0.1, 0.15) is 19.8 Å². The minimum atomic E-state index is -0.999. The fourth-order valence-electron chi connectivity index (χ4n) is 2.29. The highest BCUT2D eigenvalue weighted by atomic mass is 35.5. The summed E-state index contributed by atoms with van der Waals surface area (Å²) in [4.78, 5) is 24.9. The summed E-state index contributed by atoms with van der Waals surface area (Å²) in [6, 6.07) is 4.25. The number of benzene rings is 1. The number of carbonyl (C=O) groups excluding carboxylic acids is 1. The summed E-state index contributed by atoms with van der Waals surface area (Å²) in [6.07, 6.45) is 1.70. The van der Waals surface area contributed by atoms with Gasteiger partial charge in [-0.1, -0.05) is 11.6 Å². The molecule has 1 amide bonds. The van der Waals surface area contributed by atoms with Crippen LogP contribution in [0.25, 0.3) is 0 Å². The molecule has 7 heteroatoms. The molecule has 1 atom stereocenters. The Balaban J connectivity index is 2.05. The number of anilines is 1. The van der Waals surface area contributed by atoms with Crippen molar-refractivity contribution in [1.82, 2.24) is 4.90 Å². The van der Waals surface area contributed by atoms with Crippen molar-refractivity contribution in [3.05, 3.63) is 23.2 Å². The number of rotatable bonds is 7. The Hall–Kier alpha value is -1.95. The van der Waals surface area contributed by atoms with Gasteiger partial charge in [0.2, 0.25) is 5.91 Å². The molecule has 1 aliphatic carbocycles. The quantitative estimate of drug-likeness (QED) is 0.803. The second kappa shape index (κ2) is 6.87. The van der Waals surface area contributed by atoms with E-state index < -0.39 is 12.0 Å². The second-order valence-electron chi connectivity index (χ2n) is 5.24. The molecule has 0 aromatic heterocycles. The maximum absolute atomic E-state index is 12.4. The number of carboxylic acids is 1. The molecule has 2 N–H and O–H groups in total. The molecule has 1 unspecified atom stereocenters. The monoisotopic (exact) mass is 326 g/mol. The third kappa shape index (κ3) is 3.82. The Morgan fingerprint density at radius 3 is 2.73 bits per heavy atom. The Morgan fingerprint density at radius 1 is 1.50 bits per heavy atom. The van der Waals surface area contributed by atoms with Crippen molar-refractivity contribution in [2.75, 3.05) is 19.0 Å². The van der Waals surface area contributed by atoms with Crippen molar-refractivity contribution >= 4 is 29.2 Å². The number of carboxylic acid groups (broad SMARTS) is 1. The maximum atomic E-state index is 12.4. The van der Waals surface area contributed by atoms with Gasteiger partial charge in [-0.15, -0.1) is 0 Å². The topological polar surface area (TPSA) is 78.9 Å². The van der Waals surface area contributed by atoms with Gasteiger partial charge in [-0.05, 0) is 38.0 Å². The summed E-state index contributed by atoms with van der Waals surface area (Å²) in [7, 11) is 1.53. The van der Waals surface area contributed by atoms with E-state index in [0.29, 0.717) is 16.5 Å². The van der Waals surface area contributed by atoms with Crippen LogP contribution in [-0.4, -0.2) is 47.6 Å². The number of carbonyl (C=O) groups is 2. The third-order valence-electron chi connectivity index (χ3n) is 3.59. The predicted octanol–water partition coefficient (Wildman–Crippen LogP) is 2.22. The van der Waals surface area contributed by atoms with E-state index in [4.69, 9.17) is 21.4 Å². The summed E-state index contributed by atoms with van der Waals surface area (Å²) < 4.78 is 5.20. The van der Waals surface area contributed by atoms with Crippen molar-refractivity contribution in [2.24, 2.45) is 0 Å². The Morgan fingerprint density at radius 2 is 2.18 bits per heavy atom. The lowest BCUT2D eigenvalue weighted by Gasteiger charge is -2.27. The van der Waals surface area contributed by atoms with Gasteiger partial charge >= 0.3 is 5.97 Å². The summed E-state index contributed by atoms with van der Waals surface area (Å²) in [5.74, 6) is -0.679. The lowest BCUT2D eigenvalue weighted by molar-refractivity contribution is -0.149. The molecule has 1 aliphatic rings. The van der Waals surface area contributed by atoms with Gasteiger partial charge in [0.05, 0.1) is 19.3 Å². The fourth-order valence-corrected chi connectivity index (χ4v) is 2.46. The summed E-state index contributed by atoms with van der Waals surface area (Å²) >= 11 is 5.94. The largest absolute Gasteiger partial charge is 0.495 e. The average Bonchev–Trinajstić information content (AvgIpc) is 3.30. The van der Waals surface area contributed by atoms with Crippen LogP contribution in [-0.2, 0) is 9.59 Å². The van der Waals surface area contributed by atoms with E-state index in [0.717, 1.165) is 12.8 Å². The van der Waals surface area contributed by atoms with Gasteiger partial charge in [-0.2, -0.15) is 0 Å². The smallest absolute Gasteiger partial charge is 0.326 e. The minimum Gasteiger partial charge on any atom is -0.495 e. The van der Waals surface area contributed by atoms with Crippen LogP contribution in [0.5, 0.6) is 5.75 Å². The molecule has 0 aliphatic heterocycles. The molecule has 1 saturated carbocycles. The molecular weight excluding hydrogens is 308 g/mol. The molecule has 0 bridgehead atoms. The molecule has 0 spiro atoms. The highest BCUT2D eigenvalue weighted by Crippen LogP contribution is 2.30. The van der Waals surface area contributed by atoms with Crippen LogP contribution >= 0.6 is 11.6 Å². The number of methoxy groups -OCH3 is 1. The number of aliphatic carboxylic acids is 1. The first-order chi connectivity index (χ1) is 10.4. The van der Waals surface area contributed by atoms with Crippen LogP contribution in [0.2, 0.25) is 5.02 Å². The van der Waals surface area contributed by atoms with Crippen molar-refractivity contribution in [3.63, 3.8) is 0 Å². The normalized spacial score (nSPS) is 15.0. The van der Waals surface area contributed by atoms with Crippen LogP contribution in [0.4, 0.5) is 5.69 Å². The number of hydrogen-bond donors (Lipinski definition) is 2. The molecule has 1 fully saturated rings. The van der Waals surface area contributed by atoms with Crippen molar-refractivity contribution in [2.45, 2.75) is 31.8 Å². The summed E-state index contributed by atoms with van der Waals surface area (Å²) in [6.45, 7) is 1.52. The minimum absolute atomic E-state index is 0.00910. The SMILES string of the molecule is COc1ccc(Cl)cc1NCC(=O)N(C1CC1)C(C)C(=O)O. The molecule has 0 heterocycles. The molecule has 120 valence electrons. The average molecular weight is 327 g/mol. The second-order valence-corrected chi connectivity index (χ2v) is 5.68. The van der Waals surface area contributed by atoms with Crippen LogP contribution in [0, 0.1) is 0 Å². The van der Waals surface area contributed by atoms with E-state index in [1.165, 1.54) is 18.9 Å². The Bertz CT molecular complexity index is 575. The molecule has 0 radical (unpaired) electrons. The van der Waals surface area contributed by atoms with Crippen LogP contribution in [0.15, 0.2) is 18.2 Å². The lowest BCUT2D eigenvalue weighted by Crippen LogP contribution is -2.47. The molecule has 22 heavy (non-hydrogen) atoms. The lowest BCUT2D eigenvalue weighted by atomic mass is 10.2. The standard InChI is InChI=1S/C15H19ClN2O4/c1-9(15(20)21)18(11-4-5-11)14(19)8-17-12-7-10(16)3-6-13(12)22-2/h3,6-7,9,11,17H,4-5,8H2,1-2H3,(H,20,21). The van der Waals surface area contributed by atoms with Gasteiger partial charge in [0.1, 0.15) is 11.8 Å². The Kier molecular flexibility index (Phi) is 5.13. The van der Waals surface area contributed by atoms with Crippen molar-refractivity contribution < 1.29 is 19.4 Å². The van der Waals surface area contributed by atoms with E-state index >= 15 is 0 Å². The van der Waals surface area contributed by atoms with E-state index in [1.54, 1.807) is 18.2 Å². The number of amides is 1. The number of hydrogen-bond acceptors (Lipinski definition) is 4. The van der Waals surface area contributed by atoms with Gasteiger partial charge < -0.3 is 20.1 Å². The van der Waals surface area contributed by atoms with Crippen LogP contribution < -0.4 is 10.1 Å². The zero-order valence-corrected chi connectivity index (χ0v) is 13.3. The first-order valence-corrected chi connectivity index (χ1v) is 7.43. The van der Waals surface area contributed by atoms with Gasteiger partial charge in [0.15, 0.2) is 0 Å². The molecule has 6 nitrogen and oxygen atoms in total. The number of nitrogens with one attached hydrogen (secondary N) is 1. The zero-order valence-electron chi connectivity index (χ0n) is 12.5. The maximum Gasteiger partial charge on any atom is 0.326 e. The van der Waals surface area contributed by atoms with Crippen molar-refractivity contribution in [1.29, 1.82) is 0 Å². The Labute approximate surface area is 134 Å². The predicted molar refractivity (Wildman–Crippen MR) is 83.5 cm³/mol. The number of halogens is 1. The summed E-state index contributed by atoms with van der Waals surface area (Å²) in [5.41, 5.74) is 0.599. The molecular formula is C15H19ClN2O4. The van der Waals surface area contributed by atoms with Gasteiger partial charge in [-0.25, -0.2) is 4.79 Å². The highest BCUT2D eigenvalue weighted by Gasteiger charge is 2.38. The number of ether oxygens (including phenoxy) is 1. The highest BCUT2D eigenvalue weighted by molar-refractivity contribution is 6.30. The van der Waals surface area contributed by atoms with Crippen LogP contribution in [0.3, 0.4) is 0 Å². The van der Waals surface area contributed by atoms with E-state index in [-0.39, 0.29) is 18.5 Å². The third-order valence-corrected chi connectivity index (χ3v) is 3.83. The molecule has 1 aromatic carbocycles. The van der Waals surface area contributed by atoms with Gasteiger partial charge in [-0.3, -0.25) is 4.79 Å².